The van der Waals surface area contributed by atoms with Crippen LogP contribution in [0.3, 0.4) is 0 Å². The van der Waals surface area contributed by atoms with Crippen LogP contribution in [-0.2, 0) is 9.53 Å². The van der Waals surface area contributed by atoms with Crippen molar-refractivity contribution in [2.45, 2.75) is 13.8 Å². The number of carbonyl (C=O) groups excluding carboxylic acids is 2. The first kappa shape index (κ1) is 14.4. The lowest BCUT2D eigenvalue weighted by Crippen LogP contribution is -2.20. The fourth-order valence-electron chi connectivity index (χ4n) is 1.50. The Morgan fingerprint density at radius 1 is 1.44 bits per heavy atom. The molecule has 0 radical (unpaired) electrons. The van der Waals surface area contributed by atoms with Crippen molar-refractivity contribution in [1.82, 2.24) is 0 Å². The van der Waals surface area contributed by atoms with Crippen molar-refractivity contribution < 1.29 is 23.5 Å². The van der Waals surface area contributed by atoms with Gasteiger partial charge in [0.05, 0.1) is 18.7 Å². The van der Waals surface area contributed by atoms with E-state index in [2.05, 4.69) is 4.74 Å². The molecule has 1 aromatic carbocycles. The van der Waals surface area contributed by atoms with Crippen molar-refractivity contribution in [3.8, 4) is 5.75 Å². The topological polar surface area (TPSA) is 52.6 Å². The van der Waals surface area contributed by atoms with Crippen molar-refractivity contribution in [2.24, 2.45) is 0 Å². The fourth-order valence-corrected chi connectivity index (χ4v) is 1.76. The third kappa shape index (κ3) is 2.61. The summed E-state index contributed by atoms with van der Waals surface area (Å²) >= 11 is 5.64. The first-order chi connectivity index (χ1) is 8.43. The largest absolute Gasteiger partial charge is 0.496 e. The Balaban J connectivity index is 3.38. The third-order valence-corrected chi connectivity index (χ3v) is 2.52. The molecule has 0 N–H and O–H groups in total. The molecule has 1 aromatic rings. The number of ether oxygens (including phenoxy) is 2. The number of hydrogen-bond donors (Lipinski definition) is 0. The number of benzene rings is 1. The Morgan fingerprint density at radius 3 is 2.56 bits per heavy atom. The molecule has 0 unspecified atom stereocenters. The molecule has 1 rings (SSSR count). The van der Waals surface area contributed by atoms with Gasteiger partial charge < -0.3 is 9.47 Å². The van der Waals surface area contributed by atoms with Crippen LogP contribution < -0.4 is 4.74 Å². The molecule has 0 aliphatic rings. The van der Waals surface area contributed by atoms with Crippen LogP contribution in [0, 0.1) is 12.7 Å². The smallest absolute Gasteiger partial charge is 0.379 e. The molecule has 0 atom stereocenters. The molecule has 0 heterocycles. The minimum absolute atomic E-state index is 0.0186. The number of halogens is 2. The molecule has 0 aliphatic heterocycles. The fraction of sp³-hybridized carbons (Fsp3) is 0.333. The second-order valence-corrected chi connectivity index (χ2v) is 3.85. The summed E-state index contributed by atoms with van der Waals surface area (Å²) in [6.07, 6.45) is 0. The molecule has 0 saturated heterocycles. The van der Waals surface area contributed by atoms with Gasteiger partial charge in [0.15, 0.2) is 5.82 Å². The van der Waals surface area contributed by atoms with Crippen LogP contribution in [0.2, 0.25) is 5.02 Å². The van der Waals surface area contributed by atoms with Gasteiger partial charge in [-0.05, 0) is 25.5 Å². The maximum Gasteiger partial charge on any atom is 0.379 e. The summed E-state index contributed by atoms with van der Waals surface area (Å²) in [6.45, 7) is 3.15. The van der Waals surface area contributed by atoms with Crippen LogP contribution in [0.25, 0.3) is 0 Å². The van der Waals surface area contributed by atoms with Gasteiger partial charge in [-0.1, -0.05) is 11.6 Å². The van der Waals surface area contributed by atoms with Crippen LogP contribution in [-0.4, -0.2) is 25.5 Å². The summed E-state index contributed by atoms with van der Waals surface area (Å²) in [5.41, 5.74) is -0.0440. The molecule has 6 heteroatoms. The maximum absolute atomic E-state index is 13.8. The van der Waals surface area contributed by atoms with Crippen LogP contribution >= 0.6 is 11.6 Å². The molecular formula is C12H12ClFO4. The van der Waals surface area contributed by atoms with Crippen molar-refractivity contribution in [1.29, 1.82) is 0 Å². The molecule has 0 aliphatic carbocycles. The van der Waals surface area contributed by atoms with Crippen molar-refractivity contribution >= 4 is 23.4 Å². The van der Waals surface area contributed by atoms with Crippen molar-refractivity contribution in [3.63, 3.8) is 0 Å². The van der Waals surface area contributed by atoms with E-state index in [0.29, 0.717) is 5.56 Å². The number of Topliss-reactive ketones (excluding diaryl/α,β-unsaturated/α-hetero) is 1. The van der Waals surface area contributed by atoms with Crippen LogP contribution in [0.4, 0.5) is 4.39 Å². The second-order valence-electron chi connectivity index (χ2n) is 3.45. The highest BCUT2D eigenvalue weighted by Gasteiger charge is 2.28. The molecule has 0 aromatic heterocycles. The van der Waals surface area contributed by atoms with Gasteiger partial charge in [-0.3, -0.25) is 4.79 Å². The van der Waals surface area contributed by atoms with E-state index >= 15 is 0 Å². The van der Waals surface area contributed by atoms with E-state index in [1.165, 1.54) is 13.2 Å². The average Bonchev–Trinajstić information content (AvgIpc) is 2.32. The molecule has 18 heavy (non-hydrogen) atoms. The zero-order valence-electron chi connectivity index (χ0n) is 10.2. The zero-order chi connectivity index (χ0) is 13.9. The Labute approximate surface area is 109 Å². The Kier molecular flexibility index (Phi) is 4.67. The van der Waals surface area contributed by atoms with Crippen molar-refractivity contribution in [3.05, 3.63) is 28.0 Å². The van der Waals surface area contributed by atoms with Gasteiger partial charge in [0, 0.05) is 0 Å². The number of ketones is 1. The molecule has 4 nitrogen and oxygen atoms in total. The molecule has 0 fully saturated rings. The average molecular weight is 275 g/mol. The number of methoxy groups -OCH3 is 1. The monoisotopic (exact) mass is 274 g/mol. The van der Waals surface area contributed by atoms with Gasteiger partial charge in [0.25, 0.3) is 5.78 Å². The van der Waals surface area contributed by atoms with Crippen LogP contribution in [0.5, 0.6) is 5.75 Å². The van der Waals surface area contributed by atoms with Gasteiger partial charge in [0.2, 0.25) is 0 Å². The van der Waals surface area contributed by atoms with E-state index in [1.54, 1.807) is 13.8 Å². The van der Waals surface area contributed by atoms with E-state index in [9.17, 15) is 14.0 Å². The van der Waals surface area contributed by atoms with E-state index in [0.717, 1.165) is 0 Å². The molecule has 0 amide bonds. The lowest BCUT2D eigenvalue weighted by atomic mass is 10.0. The van der Waals surface area contributed by atoms with Crippen LogP contribution in [0.1, 0.15) is 22.8 Å². The lowest BCUT2D eigenvalue weighted by molar-refractivity contribution is -0.137. The highest BCUT2D eigenvalue weighted by Crippen LogP contribution is 2.31. The summed E-state index contributed by atoms with van der Waals surface area (Å²) in [5, 5.41) is -0.249. The molecule has 0 bridgehead atoms. The summed E-state index contributed by atoms with van der Waals surface area (Å²) in [6, 6.07) is 1.32. The lowest BCUT2D eigenvalue weighted by Gasteiger charge is -2.12. The predicted octanol–water partition coefficient (Wildman–Crippen LogP) is 2.54. The van der Waals surface area contributed by atoms with Gasteiger partial charge in [-0.25, -0.2) is 9.18 Å². The number of esters is 1. The second kappa shape index (κ2) is 5.82. The number of rotatable bonds is 4. The first-order valence-electron chi connectivity index (χ1n) is 5.18. The van der Waals surface area contributed by atoms with E-state index in [1.807, 2.05) is 0 Å². The SMILES string of the molecule is CCOC(=O)C(=O)c1c(F)c(Cl)cc(C)c1OC. The predicted molar refractivity (Wildman–Crippen MR) is 63.7 cm³/mol. The standard InChI is InChI=1S/C12H12ClFO4/c1-4-18-12(16)10(15)8-9(14)7(13)5-6(2)11(8)17-3/h5H,4H2,1-3H3. The van der Waals surface area contributed by atoms with E-state index in [-0.39, 0.29) is 17.4 Å². The Bertz CT molecular complexity index is 499. The molecular weight excluding hydrogens is 263 g/mol. The van der Waals surface area contributed by atoms with Crippen LogP contribution in [0.15, 0.2) is 6.07 Å². The highest BCUT2D eigenvalue weighted by atomic mass is 35.5. The Morgan fingerprint density at radius 2 is 2.06 bits per heavy atom. The van der Waals surface area contributed by atoms with Gasteiger partial charge in [-0.2, -0.15) is 0 Å². The minimum Gasteiger partial charge on any atom is -0.496 e. The first-order valence-corrected chi connectivity index (χ1v) is 5.55. The zero-order valence-corrected chi connectivity index (χ0v) is 10.9. The molecule has 0 spiro atoms. The number of carbonyl (C=O) groups is 2. The normalized spacial score (nSPS) is 10.1. The van der Waals surface area contributed by atoms with Gasteiger partial charge in [0.1, 0.15) is 11.3 Å². The third-order valence-electron chi connectivity index (χ3n) is 2.25. The summed E-state index contributed by atoms with van der Waals surface area (Å²) in [7, 11) is 1.28. The minimum atomic E-state index is -1.14. The summed E-state index contributed by atoms with van der Waals surface area (Å²) in [4.78, 5) is 23.1. The Hall–Kier alpha value is -1.62. The van der Waals surface area contributed by atoms with E-state index < -0.39 is 23.1 Å². The number of hydrogen-bond acceptors (Lipinski definition) is 4. The highest BCUT2D eigenvalue weighted by molar-refractivity contribution is 6.42. The summed E-state index contributed by atoms with van der Waals surface area (Å²) < 4.78 is 23.3. The van der Waals surface area contributed by atoms with Gasteiger partial charge >= 0.3 is 5.97 Å². The molecule has 0 saturated carbocycles. The van der Waals surface area contributed by atoms with Crippen molar-refractivity contribution in [2.75, 3.05) is 13.7 Å². The van der Waals surface area contributed by atoms with E-state index in [4.69, 9.17) is 16.3 Å². The van der Waals surface area contributed by atoms with Gasteiger partial charge in [-0.15, -0.1) is 0 Å². The maximum atomic E-state index is 13.8. The summed E-state index contributed by atoms with van der Waals surface area (Å²) in [5.74, 6) is -3.26. The quantitative estimate of drug-likeness (QED) is 0.481. The number of aryl methyl sites for hydroxylation is 1. The molecule has 98 valence electrons.